The first-order valence-corrected chi connectivity index (χ1v) is 5.87. The second kappa shape index (κ2) is 5.14. The van der Waals surface area contributed by atoms with E-state index in [4.69, 9.17) is 9.15 Å². The quantitative estimate of drug-likeness (QED) is 0.814. The van der Waals surface area contributed by atoms with E-state index in [0.717, 1.165) is 28.0 Å². The Bertz CT molecular complexity index is 437. The Morgan fingerprint density at radius 3 is 3.12 bits per heavy atom. The third-order valence-corrected chi connectivity index (χ3v) is 3.06. The number of anilines is 1. The van der Waals surface area contributed by atoms with Crippen LogP contribution in [0.1, 0.15) is 4.88 Å². The minimum Gasteiger partial charge on any atom is -0.463 e. The lowest BCUT2D eigenvalue weighted by Crippen LogP contribution is -2.06. The van der Waals surface area contributed by atoms with Gasteiger partial charge in [-0.3, -0.25) is 0 Å². The molecule has 0 aliphatic heterocycles. The molecule has 0 amide bonds. The summed E-state index contributed by atoms with van der Waals surface area (Å²) in [5.74, 6) is 0.813. The molecule has 0 radical (unpaired) electrons. The van der Waals surface area contributed by atoms with Crippen LogP contribution in [0, 0.1) is 6.92 Å². The van der Waals surface area contributed by atoms with Crippen LogP contribution < -0.4 is 5.32 Å². The van der Waals surface area contributed by atoms with Gasteiger partial charge in [0.05, 0.1) is 12.9 Å². The number of furan rings is 1. The van der Waals surface area contributed by atoms with Crippen molar-refractivity contribution in [3.63, 3.8) is 0 Å². The van der Waals surface area contributed by atoms with Gasteiger partial charge in [0.15, 0.2) is 10.9 Å². The number of hydrogen-bond donors (Lipinski definition) is 1. The van der Waals surface area contributed by atoms with Gasteiger partial charge in [0.25, 0.3) is 0 Å². The van der Waals surface area contributed by atoms with Crippen LogP contribution >= 0.6 is 11.3 Å². The summed E-state index contributed by atoms with van der Waals surface area (Å²) in [5, 5.41) is 4.11. The fourth-order valence-corrected chi connectivity index (χ4v) is 2.22. The lowest BCUT2D eigenvalue weighted by atomic mass is 10.3. The Labute approximate surface area is 98.3 Å². The van der Waals surface area contributed by atoms with E-state index < -0.39 is 0 Å². The van der Waals surface area contributed by atoms with E-state index in [2.05, 4.69) is 10.3 Å². The predicted molar refractivity (Wildman–Crippen MR) is 64.9 cm³/mol. The van der Waals surface area contributed by atoms with E-state index in [9.17, 15) is 0 Å². The van der Waals surface area contributed by atoms with Crippen molar-refractivity contribution in [1.82, 2.24) is 4.98 Å². The highest BCUT2D eigenvalue weighted by atomic mass is 32.1. The summed E-state index contributed by atoms with van der Waals surface area (Å²) < 4.78 is 10.3. The molecule has 86 valence electrons. The van der Waals surface area contributed by atoms with Crippen LogP contribution in [0.4, 0.5) is 5.13 Å². The standard InChI is InChI=1S/C11H14N2O2S/c1-8-10(9-4-3-6-15-9)13-11(16-8)12-5-7-14-2/h3-4,6H,5,7H2,1-2H3,(H,12,13). The normalized spacial score (nSPS) is 10.6. The van der Waals surface area contributed by atoms with E-state index in [-0.39, 0.29) is 0 Å². The van der Waals surface area contributed by atoms with Crippen molar-refractivity contribution in [3.8, 4) is 11.5 Å². The van der Waals surface area contributed by atoms with Gasteiger partial charge in [0, 0.05) is 18.5 Å². The predicted octanol–water partition coefficient (Wildman–Crippen LogP) is 2.77. The molecule has 0 aliphatic rings. The van der Waals surface area contributed by atoms with Gasteiger partial charge in [-0.05, 0) is 19.1 Å². The van der Waals surface area contributed by atoms with Crippen LogP contribution in [0.25, 0.3) is 11.5 Å². The molecule has 2 heterocycles. The number of ether oxygens (including phenoxy) is 1. The number of rotatable bonds is 5. The molecule has 0 aromatic carbocycles. The Balaban J connectivity index is 2.10. The van der Waals surface area contributed by atoms with Crippen LogP contribution in [0.15, 0.2) is 22.8 Å². The summed E-state index contributed by atoms with van der Waals surface area (Å²) >= 11 is 1.63. The monoisotopic (exact) mass is 238 g/mol. The average molecular weight is 238 g/mol. The molecule has 2 rings (SSSR count). The van der Waals surface area contributed by atoms with Crippen molar-refractivity contribution in [2.45, 2.75) is 6.92 Å². The average Bonchev–Trinajstić information content (AvgIpc) is 2.87. The summed E-state index contributed by atoms with van der Waals surface area (Å²) in [5.41, 5.74) is 0.912. The van der Waals surface area contributed by atoms with E-state index in [0.29, 0.717) is 6.61 Å². The van der Waals surface area contributed by atoms with Gasteiger partial charge in [0.2, 0.25) is 0 Å². The summed E-state index contributed by atoms with van der Waals surface area (Å²) in [6.45, 7) is 3.48. The maximum atomic E-state index is 5.33. The molecule has 2 aromatic rings. The van der Waals surface area contributed by atoms with Crippen LogP contribution in [-0.4, -0.2) is 25.2 Å². The summed E-state index contributed by atoms with van der Waals surface area (Å²) in [4.78, 5) is 5.63. The van der Waals surface area contributed by atoms with Crippen LogP contribution in [0.5, 0.6) is 0 Å². The maximum absolute atomic E-state index is 5.33. The minimum atomic E-state index is 0.675. The fourth-order valence-electron chi connectivity index (χ4n) is 1.37. The first-order valence-electron chi connectivity index (χ1n) is 5.05. The van der Waals surface area contributed by atoms with Gasteiger partial charge in [-0.1, -0.05) is 0 Å². The number of nitrogens with zero attached hydrogens (tertiary/aromatic N) is 1. The zero-order valence-electron chi connectivity index (χ0n) is 9.32. The third-order valence-electron chi connectivity index (χ3n) is 2.13. The van der Waals surface area contributed by atoms with Gasteiger partial charge in [-0.15, -0.1) is 11.3 Å². The molecule has 0 bridgehead atoms. The zero-order valence-corrected chi connectivity index (χ0v) is 10.1. The van der Waals surface area contributed by atoms with Crippen molar-refractivity contribution >= 4 is 16.5 Å². The molecule has 0 unspecified atom stereocenters. The molecule has 4 nitrogen and oxygen atoms in total. The first-order chi connectivity index (χ1) is 7.81. The van der Waals surface area contributed by atoms with E-state index in [1.165, 1.54) is 0 Å². The summed E-state index contributed by atoms with van der Waals surface area (Å²) in [6.07, 6.45) is 1.66. The number of thiazole rings is 1. The lowest BCUT2D eigenvalue weighted by molar-refractivity contribution is 0.211. The Morgan fingerprint density at radius 2 is 2.44 bits per heavy atom. The third kappa shape index (κ3) is 2.43. The van der Waals surface area contributed by atoms with Crippen molar-refractivity contribution in [2.75, 3.05) is 25.6 Å². The lowest BCUT2D eigenvalue weighted by Gasteiger charge is -1.99. The highest BCUT2D eigenvalue weighted by molar-refractivity contribution is 7.15. The molecular formula is C11H14N2O2S. The number of methoxy groups -OCH3 is 1. The molecule has 16 heavy (non-hydrogen) atoms. The molecule has 0 aliphatic carbocycles. The highest BCUT2D eigenvalue weighted by Gasteiger charge is 2.11. The van der Waals surface area contributed by atoms with Gasteiger partial charge >= 0.3 is 0 Å². The maximum Gasteiger partial charge on any atom is 0.183 e. The Hall–Kier alpha value is -1.33. The molecule has 0 saturated carbocycles. The Morgan fingerprint density at radius 1 is 1.56 bits per heavy atom. The number of aryl methyl sites for hydroxylation is 1. The first kappa shape index (κ1) is 11.2. The second-order valence-corrected chi connectivity index (χ2v) is 4.52. The molecule has 0 atom stereocenters. The second-order valence-electron chi connectivity index (χ2n) is 3.32. The number of nitrogens with one attached hydrogen (secondary N) is 1. The molecule has 2 aromatic heterocycles. The molecule has 0 saturated heterocycles. The number of aromatic nitrogens is 1. The van der Waals surface area contributed by atoms with Crippen LogP contribution in [-0.2, 0) is 4.74 Å². The smallest absolute Gasteiger partial charge is 0.183 e. The summed E-state index contributed by atoms with van der Waals surface area (Å²) in [6, 6.07) is 3.78. The van der Waals surface area contributed by atoms with Gasteiger partial charge in [-0.25, -0.2) is 4.98 Å². The van der Waals surface area contributed by atoms with Gasteiger partial charge in [-0.2, -0.15) is 0 Å². The highest BCUT2D eigenvalue weighted by Crippen LogP contribution is 2.30. The van der Waals surface area contributed by atoms with Gasteiger partial charge < -0.3 is 14.5 Å². The molecule has 1 N–H and O–H groups in total. The topological polar surface area (TPSA) is 47.3 Å². The molecular weight excluding hydrogens is 224 g/mol. The SMILES string of the molecule is COCCNc1nc(-c2ccco2)c(C)s1. The van der Waals surface area contributed by atoms with E-state index >= 15 is 0 Å². The van der Waals surface area contributed by atoms with Crippen molar-refractivity contribution in [1.29, 1.82) is 0 Å². The fraction of sp³-hybridized carbons (Fsp3) is 0.364. The van der Waals surface area contributed by atoms with Crippen molar-refractivity contribution < 1.29 is 9.15 Å². The van der Waals surface area contributed by atoms with Crippen LogP contribution in [0.3, 0.4) is 0 Å². The number of hydrogen-bond acceptors (Lipinski definition) is 5. The summed E-state index contributed by atoms with van der Waals surface area (Å²) in [7, 11) is 1.68. The van der Waals surface area contributed by atoms with E-state index in [1.54, 1.807) is 24.7 Å². The van der Waals surface area contributed by atoms with Crippen LogP contribution in [0.2, 0.25) is 0 Å². The Kier molecular flexibility index (Phi) is 3.58. The molecule has 0 spiro atoms. The molecule has 5 heteroatoms. The zero-order chi connectivity index (χ0) is 11.4. The van der Waals surface area contributed by atoms with Crippen molar-refractivity contribution in [3.05, 3.63) is 23.3 Å². The van der Waals surface area contributed by atoms with E-state index in [1.807, 2.05) is 19.1 Å². The largest absolute Gasteiger partial charge is 0.463 e. The minimum absolute atomic E-state index is 0.675. The van der Waals surface area contributed by atoms with Crippen molar-refractivity contribution in [2.24, 2.45) is 0 Å². The molecule has 0 fully saturated rings. The van der Waals surface area contributed by atoms with Gasteiger partial charge in [0.1, 0.15) is 5.69 Å².